The zero-order valence-electron chi connectivity index (χ0n) is 9.81. The number of halogens is 1. The first-order valence-corrected chi connectivity index (χ1v) is 6.60. The van der Waals surface area contributed by atoms with E-state index in [1.54, 1.807) is 0 Å². The van der Waals surface area contributed by atoms with Gasteiger partial charge in [-0.2, -0.15) is 0 Å². The van der Waals surface area contributed by atoms with Gasteiger partial charge in [0.1, 0.15) is 16.5 Å². The summed E-state index contributed by atoms with van der Waals surface area (Å²) >= 11 is 8.42. The zero-order valence-corrected chi connectivity index (χ0v) is 12.2. The highest BCUT2D eigenvalue weighted by Crippen LogP contribution is 2.28. The van der Waals surface area contributed by atoms with Gasteiger partial charge in [0.25, 0.3) is 0 Å². The van der Waals surface area contributed by atoms with Crippen molar-refractivity contribution in [2.75, 3.05) is 0 Å². The van der Waals surface area contributed by atoms with E-state index in [9.17, 15) is 0 Å². The first kappa shape index (κ1) is 13.1. The summed E-state index contributed by atoms with van der Waals surface area (Å²) in [6.07, 6.45) is 0. The maximum absolute atomic E-state index is 5.81. The monoisotopic (exact) mass is 321 g/mol. The first-order chi connectivity index (χ1) is 8.56. The largest absolute Gasteiger partial charge is 0.457 e. The van der Waals surface area contributed by atoms with Gasteiger partial charge in [0, 0.05) is 4.47 Å². The summed E-state index contributed by atoms with van der Waals surface area (Å²) in [6.45, 7) is 2.03. The Morgan fingerprint density at radius 3 is 2.44 bits per heavy atom. The van der Waals surface area contributed by atoms with E-state index < -0.39 is 0 Å². The number of rotatable bonds is 3. The molecule has 18 heavy (non-hydrogen) atoms. The van der Waals surface area contributed by atoms with Crippen LogP contribution < -0.4 is 10.5 Å². The van der Waals surface area contributed by atoms with Gasteiger partial charge in [-0.1, -0.05) is 45.8 Å². The van der Waals surface area contributed by atoms with Gasteiger partial charge in [-0.15, -0.1) is 0 Å². The zero-order chi connectivity index (χ0) is 13.1. The van der Waals surface area contributed by atoms with E-state index in [1.807, 2.05) is 49.4 Å². The van der Waals surface area contributed by atoms with Crippen LogP contribution in [-0.2, 0) is 0 Å². The molecule has 4 heteroatoms. The van der Waals surface area contributed by atoms with Crippen molar-refractivity contribution in [3.8, 4) is 11.5 Å². The molecule has 0 unspecified atom stereocenters. The normalized spacial score (nSPS) is 10.1. The van der Waals surface area contributed by atoms with E-state index in [0.717, 1.165) is 15.8 Å². The molecule has 0 aliphatic carbocycles. The van der Waals surface area contributed by atoms with E-state index >= 15 is 0 Å². The number of nitrogens with two attached hydrogens (primary N) is 1. The fourth-order valence-electron chi connectivity index (χ4n) is 1.52. The Hall–Kier alpha value is -1.39. The van der Waals surface area contributed by atoms with Gasteiger partial charge in [-0.05, 0) is 37.3 Å². The number of aryl methyl sites for hydroxylation is 1. The number of hydrogen-bond donors (Lipinski definition) is 1. The molecule has 0 fully saturated rings. The molecule has 0 aliphatic rings. The molecule has 0 aliphatic heterocycles. The van der Waals surface area contributed by atoms with E-state index in [0.29, 0.717) is 10.7 Å². The molecule has 2 N–H and O–H groups in total. The van der Waals surface area contributed by atoms with Gasteiger partial charge in [-0.25, -0.2) is 0 Å². The first-order valence-electron chi connectivity index (χ1n) is 5.40. The summed E-state index contributed by atoms with van der Waals surface area (Å²) in [7, 11) is 0. The molecule has 2 aromatic rings. The molecule has 2 nitrogen and oxygen atoms in total. The lowest BCUT2D eigenvalue weighted by molar-refractivity contribution is 0.481. The maximum Gasteiger partial charge on any atom is 0.138 e. The molecule has 92 valence electrons. The van der Waals surface area contributed by atoms with Gasteiger partial charge < -0.3 is 10.5 Å². The summed E-state index contributed by atoms with van der Waals surface area (Å²) in [5.41, 5.74) is 7.60. The summed E-state index contributed by atoms with van der Waals surface area (Å²) in [5, 5.41) is 0. The second-order valence-electron chi connectivity index (χ2n) is 3.92. The molecule has 0 spiro atoms. The van der Waals surface area contributed by atoms with Crippen LogP contribution in [0.25, 0.3) is 0 Å². The number of thiocarbonyl (C=S) groups is 1. The third-order valence-electron chi connectivity index (χ3n) is 2.46. The lowest BCUT2D eigenvalue weighted by Crippen LogP contribution is -2.10. The molecular formula is C14H12BrNOS. The molecule has 0 atom stereocenters. The van der Waals surface area contributed by atoms with Crippen molar-refractivity contribution in [1.82, 2.24) is 0 Å². The molecule has 2 aromatic carbocycles. The predicted molar refractivity (Wildman–Crippen MR) is 81.3 cm³/mol. The summed E-state index contributed by atoms with van der Waals surface area (Å²) < 4.78 is 6.73. The smallest absolute Gasteiger partial charge is 0.138 e. The Morgan fingerprint density at radius 1 is 1.17 bits per heavy atom. The van der Waals surface area contributed by atoms with Crippen molar-refractivity contribution < 1.29 is 4.74 Å². The summed E-state index contributed by atoms with van der Waals surface area (Å²) in [6, 6.07) is 13.4. The SMILES string of the molecule is Cc1ccc(Oc2cc(Br)ccc2C(N)=S)cc1. The van der Waals surface area contributed by atoms with Crippen LogP contribution >= 0.6 is 28.1 Å². The molecule has 0 radical (unpaired) electrons. The lowest BCUT2D eigenvalue weighted by atomic mass is 10.2. The van der Waals surface area contributed by atoms with Crippen LogP contribution in [0.3, 0.4) is 0 Å². The molecule has 0 amide bonds. The van der Waals surface area contributed by atoms with Crippen LogP contribution in [-0.4, -0.2) is 4.99 Å². The predicted octanol–water partition coefficient (Wildman–Crippen LogP) is 4.18. The third-order valence-corrected chi connectivity index (χ3v) is 3.17. The van der Waals surface area contributed by atoms with Crippen LogP contribution in [0.15, 0.2) is 46.9 Å². The molecular weight excluding hydrogens is 310 g/mol. The van der Waals surface area contributed by atoms with Crippen molar-refractivity contribution in [3.05, 3.63) is 58.1 Å². The second kappa shape index (κ2) is 5.50. The van der Waals surface area contributed by atoms with Crippen LogP contribution in [0.2, 0.25) is 0 Å². The number of benzene rings is 2. The highest BCUT2D eigenvalue weighted by atomic mass is 79.9. The Labute approximate surface area is 120 Å². The third kappa shape index (κ3) is 3.09. The second-order valence-corrected chi connectivity index (χ2v) is 5.28. The minimum atomic E-state index is 0.324. The fourth-order valence-corrected chi connectivity index (χ4v) is 2.03. The van der Waals surface area contributed by atoms with Crippen molar-refractivity contribution in [2.45, 2.75) is 6.92 Å². The van der Waals surface area contributed by atoms with E-state index in [4.69, 9.17) is 22.7 Å². The van der Waals surface area contributed by atoms with Gasteiger partial charge in [0.2, 0.25) is 0 Å². The van der Waals surface area contributed by atoms with E-state index in [1.165, 1.54) is 5.56 Å². The van der Waals surface area contributed by atoms with Crippen molar-refractivity contribution >= 4 is 33.1 Å². The quantitative estimate of drug-likeness (QED) is 0.861. The van der Waals surface area contributed by atoms with Gasteiger partial charge >= 0.3 is 0 Å². The minimum absolute atomic E-state index is 0.324. The van der Waals surface area contributed by atoms with Gasteiger partial charge in [0.15, 0.2) is 0 Å². The van der Waals surface area contributed by atoms with E-state index in [2.05, 4.69) is 15.9 Å². The van der Waals surface area contributed by atoms with Crippen molar-refractivity contribution in [1.29, 1.82) is 0 Å². The molecule has 0 aromatic heterocycles. The summed E-state index contributed by atoms with van der Waals surface area (Å²) in [4.78, 5) is 0.324. The lowest BCUT2D eigenvalue weighted by Gasteiger charge is -2.11. The van der Waals surface area contributed by atoms with Crippen molar-refractivity contribution in [2.24, 2.45) is 5.73 Å². The molecule has 2 rings (SSSR count). The highest BCUT2D eigenvalue weighted by molar-refractivity contribution is 9.10. The Kier molecular flexibility index (Phi) is 3.99. The van der Waals surface area contributed by atoms with Crippen LogP contribution in [0.4, 0.5) is 0 Å². The number of hydrogen-bond acceptors (Lipinski definition) is 2. The average Bonchev–Trinajstić information content (AvgIpc) is 2.32. The molecule has 0 saturated carbocycles. The maximum atomic E-state index is 5.81. The highest BCUT2D eigenvalue weighted by Gasteiger charge is 2.08. The Balaban J connectivity index is 2.35. The van der Waals surface area contributed by atoms with Crippen molar-refractivity contribution in [3.63, 3.8) is 0 Å². The van der Waals surface area contributed by atoms with Crippen LogP contribution in [0.1, 0.15) is 11.1 Å². The topological polar surface area (TPSA) is 35.2 Å². The molecule has 0 saturated heterocycles. The minimum Gasteiger partial charge on any atom is -0.457 e. The van der Waals surface area contributed by atoms with Gasteiger partial charge in [-0.3, -0.25) is 0 Å². The van der Waals surface area contributed by atoms with Gasteiger partial charge in [0.05, 0.1) is 5.56 Å². The average molecular weight is 322 g/mol. The molecule has 0 bridgehead atoms. The standard InChI is InChI=1S/C14H12BrNOS/c1-9-2-5-11(6-3-9)17-13-8-10(15)4-7-12(13)14(16)18/h2-8H,1H3,(H2,16,18). The number of ether oxygens (including phenoxy) is 1. The fraction of sp³-hybridized carbons (Fsp3) is 0.0714. The Bertz CT molecular complexity index is 581. The summed E-state index contributed by atoms with van der Waals surface area (Å²) in [5.74, 6) is 1.41. The van der Waals surface area contributed by atoms with Crippen LogP contribution in [0.5, 0.6) is 11.5 Å². The van der Waals surface area contributed by atoms with Crippen LogP contribution in [0, 0.1) is 6.92 Å². The Morgan fingerprint density at radius 2 is 1.83 bits per heavy atom. The molecule has 0 heterocycles. The van der Waals surface area contributed by atoms with E-state index in [-0.39, 0.29) is 0 Å².